The second-order valence-corrected chi connectivity index (χ2v) is 6.66. The van der Waals surface area contributed by atoms with Crippen molar-refractivity contribution in [3.63, 3.8) is 0 Å². The Labute approximate surface area is 161 Å². The topological polar surface area (TPSA) is 87.7 Å². The Hall–Kier alpha value is -3.08. The second kappa shape index (κ2) is 7.89. The molecule has 1 amide bonds. The van der Waals surface area contributed by atoms with E-state index in [1.54, 1.807) is 14.0 Å². The number of carbonyl (C=O) groups excluding carboxylic acids is 2. The fraction of sp³-hybridized carbons (Fsp3) is 0.294. The summed E-state index contributed by atoms with van der Waals surface area (Å²) in [4.78, 5) is 28.6. The van der Waals surface area contributed by atoms with Crippen LogP contribution in [0.5, 0.6) is 5.88 Å². The first-order chi connectivity index (χ1) is 13.3. The zero-order valence-corrected chi connectivity index (χ0v) is 16.0. The Morgan fingerprint density at radius 3 is 2.75 bits per heavy atom. The van der Waals surface area contributed by atoms with E-state index >= 15 is 0 Å². The van der Waals surface area contributed by atoms with Gasteiger partial charge in [-0.2, -0.15) is 4.99 Å². The molecule has 0 unspecified atom stereocenters. The minimum absolute atomic E-state index is 0.0171. The number of hydrogen-bond donors (Lipinski definition) is 0. The number of esters is 1. The lowest BCUT2D eigenvalue weighted by Crippen LogP contribution is -2.23. The highest BCUT2D eigenvalue weighted by molar-refractivity contribution is 7.16. The number of amides is 1. The lowest BCUT2D eigenvalue weighted by molar-refractivity contribution is -0.143. The van der Waals surface area contributed by atoms with Crippen LogP contribution in [0.4, 0.5) is 8.78 Å². The first-order valence-corrected chi connectivity index (χ1v) is 8.96. The average molecular weight is 410 g/mol. The lowest BCUT2D eigenvalue weighted by Gasteiger charge is -2.05. The van der Waals surface area contributed by atoms with Gasteiger partial charge in [0.15, 0.2) is 10.6 Å². The van der Waals surface area contributed by atoms with Gasteiger partial charge >= 0.3 is 5.97 Å². The third-order valence-corrected chi connectivity index (χ3v) is 4.73. The molecule has 0 N–H and O–H groups in total. The van der Waals surface area contributed by atoms with Crippen molar-refractivity contribution >= 4 is 33.4 Å². The van der Waals surface area contributed by atoms with Crippen LogP contribution in [0.25, 0.3) is 10.2 Å². The van der Waals surface area contributed by atoms with Gasteiger partial charge in [-0.3, -0.25) is 14.3 Å². The van der Waals surface area contributed by atoms with Gasteiger partial charge in [-0.05, 0) is 13.0 Å². The summed E-state index contributed by atoms with van der Waals surface area (Å²) in [6, 6.07) is 1.81. The molecule has 0 atom stereocenters. The molecule has 0 aliphatic heterocycles. The van der Waals surface area contributed by atoms with Crippen molar-refractivity contribution in [2.75, 3.05) is 13.7 Å². The van der Waals surface area contributed by atoms with Crippen LogP contribution in [0.2, 0.25) is 0 Å². The molecule has 0 spiro atoms. The predicted octanol–water partition coefficient (Wildman–Crippen LogP) is 2.03. The lowest BCUT2D eigenvalue weighted by atomic mass is 10.3. The molecule has 148 valence electrons. The Kier molecular flexibility index (Phi) is 5.54. The van der Waals surface area contributed by atoms with Gasteiger partial charge < -0.3 is 14.0 Å². The molecule has 0 aliphatic carbocycles. The molecule has 0 saturated carbocycles. The van der Waals surface area contributed by atoms with Gasteiger partial charge in [-0.1, -0.05) is 11.3 Å². The van der Waals surface area contributed by atoms with Crippen LogP contribution in [0, 0.1) is 11.6 Å². The van der Waals surface area contributed by atoms with E-state index in [1.807, 2.05) is 0 Å². The van der Waals surface area contributed by atoms with Crippen LogP contribution < -0.4 is 9.54 Å². The molecule has 0 saturated heterocycles. The van der Waals surface area contributed by atoms with Crippen LogP contribution in [-0.4, -0.2) is 39.9 Å². The van der Waals surface area contributed by atoms with E-state index < -0.39 is 23.5 Å². The number of benzene rings is 1. The number of fused-ring (bicyclic) bond motifs is 1. The van der Waals surface area contributed by atoms with E-state index in [-0.39, 0.29) is 39.6 Å². The quantitative estimate of drug-likeness (QED) is 0.601. The van der Waals surface area contributed by atoms with E-state index in [1.165, 1.54) is 22.6 Å². The molecule has 1 aromatic carbocycles. The molecule has 28 heavy (non-hydrogen) atoms. The molecular weight excluding hydrogens is 394 g/mol. The number of carbonyl (C=O) groups is 2. The number of halogens is 2. The summed E-state index contributed by atoms with van der Waals surface area (Å²) in [5, 5.41) is 3.98. The molecule has 3 aromatic rings. The maximum Gasteiger partial charge on any atom is 0.326 e. The van der Waals surface area contributed by atoms with Gasteiger partial charge in [0, 0.05) is 19.3 Å². The largest absolute Gasteiger partial charge is 0.479 e. The summed E-state index contributed by atoms with van der Waals surface area (Å²) < 4.78 is 40.7. The highest BCUT2D eigenvalue weighted by Crippen LogP contribution is 2.23. The molecule has 0 radical (unpaired) electrons. The number of nitrogens with zero attached hydrogens (tertiary/aromatic N) is 4. The molecule has 8 nitrogen and oxygen atoms in total. The number of thiazole rings is 1. The van der Waals surface area contributed by atoms with Gasteiger partial charge in [0.05, 0.1) is 23.9 Å². The molecule has 0 aliphatic rings. The fourth-order valence-electron chi connectivity index (χ4n) is 2.61. The van der Waals surface area contributed by atoms with E-state index in [9.17, 15) is 18.4 Å². The van der Waals surface area contributed by atoms with Crippen molar-refractivity contribution in [1.82, 2.24) is 14.3 Å². The zero-order chi connectivity index (χ0) is 20.4. The molecule has 11 heteroatoms. The standard InChI is InChI=1S/C17H16F2N4O4S/c1-4-27-13(24)8-23-14-11(19)5-9(18)6-12(14)28-17(23)20-15(25)10-7-22(2)21-16(10)26-3/h5-7H,4,8H2,1-3H3. The summed E-state index contributed by atoms with van der Waals surface area (Å²) in [5.74, 6) is -2.91. The fourth-order valence-corrected chi connectivity index (χ4v) is 3.68. The predicted molar refractivity (Wildman–Crippen MR) is 96.0 cm³/mol. The molecule has 2 aromatic heterocycles. The van der Waals surface area contributed by atoms with Crippen LogP contribution in [0.1, 0.15) is 17.3 Å². The maximum atomic E-state index is 14.4. The Morgan fingerprint density at radius 1 is 1.32 bits per heavy atom. The summed E-state index contributed by atoms with van der Waals surface area (Å²) in [6.45, 7) is 1.39. The number of methoxy groups -OCH3 is 1. The molecular formula is C17H16F2N4O4S. The van der Waals surface area contributed by atoms with E-state index in [2.05, 4.69) is 10.1 Å². The average Bonchev–Trinajstić information content (AvgIpc) is 3.15. The van der Waals surface area contributed by atoms with Crippen molar-refractivity contribution in [3.8, 4) is 5.88 Å². The Bertz CT molecular complexity index is 1130. The number of hydrogen-bond acceptors (Lipinski definition) is 6. The Morgan fingerprint density at radius 2 is 2.07 bits per heavy atom. The van der Waals surface area contributed by atoms with Crippen molar-refractivity contribution in [1.29, 1.82) is 0 Å². The SMILES string of the molecule is CCOC(=O)Cn1c(=NC(=O)c2cn(C)nc2OC)sc2cc(F)cc(F)c21. The minimum atomic E-state index is -0.872. The number of aromatic nitrogens is 3. The van der Waals surface area contributed by atoms with Crippen LogP contribution in [-0.2, 0) is 23.1 Å². The molecule has 3 rings (SSSR count). The minimum Gasteiger partial charge on any atom is -0.479 e. The van der Waals surface area contributed by atoms with Gasteiger partial charge in [-0.25, -0.2) is 8.78 Å². The van der Waals surface area contributed by atoms with Crippen molar-refractivity contribution in [2.45, 2.75) is 13.5 Å². The van der Waals surface area contributed by atoms with E-state index in [0.717, 1.165) is 17.4 Å². The van der Waals surface area contributed by atoms with Crippen LogP contribution in [0.3, 0.4) is 0 Å². The summed E-state index contributed by atoms with van der Waals surface area (Å²) >= 11 is 0.875. The maximum absolute atomic E-state index is 14.4. The zero-order valence-electron chi connectivity index (χ0n) is 15.2. The van der Waals surface area contributed by atoms with Crippen molar-refractivity contribution < 1.29 is 27.8 Å². The first-order valence-electron chi connectivity index (χ1n) is 8.14. The first kappa shape index (κ1) is 19.7. The van der Waals surface area contributed by atoms with Crippen molar-refractivity contribution in [2.24, 2.45) is 12.0 Å². The van der Waals surface area contributed by atoms with Gasteiger partial charge in [-0.15, -0.1) is 5.10 Å². The van der Waals surface area contributed by atoms with Gasteiger partial charge in [0.1, 0.15) is 17.9 Å². The number of ether oxygens (including phenoxy) is 2. The molecule has 0 fully saturated rings. The van der Waals surface area contributed by atoms with E-state index in [0.29, 0.717) is 6.07 Å². The second-order valence-electron chi connectivity index (χ2n) is 5.65. The summed E-state index contributed by atoms with van der Waals surface area (Å²) in [7, 11) is 2.97. The van der Waals surface area contributed by atoms with Gasteiger partial charge in [0.25, 0.3) is 5.91 Å². The Balaban J connectivity index is 2.18. The van der Waals surface area contributed by atoms with Crippen LogP contribution >= 0.6 is 11.3 Å². The molecule has 2 heterocycles. The third kappa shape index (κ3) is 3.79. The third-order valence-electron chi connectivity index (χ3n) is 3.70. The summed E-state index contributed by atoms with van der Waals surface area (Å²) in [6.07, 6.45) is 1.42. The molecule has 0 bridgehead atoms. The monoisotopic (exact) mass is 410 g/mol. The number of rotatable bonds is 5. The van der Waals surface area contributed by atoms with E-state index in [4.69, 9.17) is 9.47 Å². The smallest absolute Gasteiger partial charge is 0.326 e. The van der Waals surface area contributed by atoms with Crippen molar-refractivity contribution in [3.05, 3.63) is 40.3 Å². The highest BCUT2D eigenvalue weighted by atomic mass is 32.1. The number of aryl methyl sites for hydroxylation is 1. The van der Waals surface area contributed by atoms with Crippen LogP contribution in [0.15, 0.2) is 23.3 Å². The summed E-state index contributed by atoms with van der Waals surface area (Å²) in [5.41, 5.74) is 0.0564. The highest BCUT2D eigenvalue weighted by Gasteiger charge is 2.19. The van der Waals surface area contributed by atoms with Gasteiger partial charge in [0.2, 0.25) is 5.88 Å². The normalized spacial score (nSPS) is 11.8.